The number of carbonyl (C=O) groups is 1. The van der Waals surface area contributed by atoms with Crippen molar-refractivity contribution in [1.29, 1.82) is 0 Å². The van der Waals surface area contributed by atoms with E-state index in [1.54, 1.807) is 0 Å². The highest BCUT2D eigenvalue weighted by molar-refractivity contribution is 5.92. The monoisotopic (exact) mass is 264 g/mol. The summed E-state index contributed by atoms with van der Waals surface area (Å²) < 4.78 is 4.84. The maximum Gasteiger partial charge on any atom is 0.354 e. The highest BCUT2D eigenvalue weighted by Crippen LogP contribution is 2.25. The molecule has 2 aromatic rings. The van der Waals surface area contributed by atoms with Gasteiger partial charge in [-0.05, 0) is 12.1 Å². The number of nitrogens with one attached hydrogen (secondary N) is 2. The molecule has 0 unspecified atom stereocenters. The first-order chi connectivity index (χ1) is 9.09. The van der Waals surface area contributed by atoms with Crippen molar-refractivity contribution in [2.75, 3.05) is 11.2 Å². The maximum atomic E-state index is 11.5. The molecule has 2 heterocycles. The van der Waals surface area contributed by atoms with Gasteiger partial charge in [0.15, 0.2) is 5.76 Å². The van der Waals surface area contributed by atoms with Gasteiger partial charge < -0.3 is 10.2 Å². The molecule has 0 saturated heterocycles. The smallest absolute Gasteiger partial charge is 0.354 e. The lowest BCUT2D eigenvalue weighted by Crippen LogP contribution is -2.30. The molecule has 0 aromatic carbocycles. The zero-order valence-corrected chi connectivity index (χ0v) is 9.36. The van der Waals surface area contributed by atoms with Crippen molar-refractivity contribution < 1.29 is 14.1 Å². The van der Waals surface area contributed by atoms with Crippen LogP contribution in [-0.2, 0) is 0 Å². The zero-order valence-electron chi connectivity index (χ0n) is 9.36. The van der Waals surface area contributed by atoms with E-state index < -0.39 is 16.5 Å². The quantitative estimate of drug-likeness (QED) is 0.527. The highest BCUT2D eigenvalue weighted by Gasteiger charge is 2.21. The number of nitrogen functional groups attached to an aromatic ring is 1. The Morgan fingerprint density at radius 2 is 2.26 bits per heavy atom. The van der Waals surface area contributed by atoms with Gasteiger partial charge in [-0.15, -0.1) is 0 Å². The molecule has 0 aliphatic carbocycles. The van der Waals surface area contributed by atoms with E-state index in [1.165, 1.54) is 18.4 Å². The summed E-state index contributed by atoms with van der Waals surface area (Å²) in [6.07, 6.45) is 2.35. The van der Waals surface area contributed by atoms with Crippen LogP contribution in [0, 0.1) is 10.1 Å². The average Bonchev–Trinajstić information content (AvgIpc) is 2.89. The van der Waals surface area contributed by atoms with Crippen molar-refractivity contribution >= 4 is 23.2 Å². The van der Waals surface area contributed by atoms with Crippen LogP contribution in [0.4, 0.5) is 17.3 Å². The van der Waals surface area contributed by atoms with Crippen LogP contribution >= 0.6 is 0 Å². The Kier molecular flexibility index (Phi) is 3.23. The number of hydrazine groups is 1. The second-order valence-corrected chi connectivity index (χ2v) is 3.27. The van der Waals surface area contributed by atoms with Gasteiger partial charge in [0, 0.05) is 0 Å². The minimum atomic E-state index is -0.753. The van der Waals surface area contributed by atoms with Crippen molar-refractivity contribution in [3.05, 3.63) is 40.6 Å². The fourth-order valence-corrected chi connectivity index (χ4v) is 1.25. The third kappa shape index (κ3) is 2.57. The Bertz CT molecular complexity index is 611. The molecule has 0 saturated carbocycles. The van der Waals surface area contributed by atoms with Crippen molar-refractivity contribution in [3.8, 4) is 0 Å². The molecule has 0 spiro atoms. The van der Waals surface area contributed by atoms with E-state index in [2.05, 4.69) is 20.8 Å². The van der Waals surface area contributed by atoms with Gasteiger partial charge in [0.2, 0.25) is 11.6 Å². The lowest BCUT2D eigenvalue weighted by molar-refractivity contribution is -0.383. The molecule has 10 heteroatoms. The predicted octanol–water partition coefficient (Wildman–Crippen LogP) is 0.317. The highest BCUT2D eigenvalue weighted by atomic mass is 16.6. The number of anilines is 2. The summed E-state index contributed by atoms with van der Waals surface area (Å²) >= 11 is 0. The Morgan fingerprint density at radius 3 is 2.89 bits per heavy atom. The van der Waals surface area contributed by atoms with Gasteiger partial charge in [0.25, 0.3) is 0 Å². The second kappa shape index (κ2) is 5.00. The third-order valence-electron chi connectivity index (χ3n) is 2.07. The molecule has 2 rings (SSSR count). The van der Waals surface area contributed by atoms with Crippen LogP contribution < -0.4 is 16.6 Å². The Morgan fingerprint density at radius 1 is 1.47 bits per heavy atom. The first-order valence-electron chi connectivity index (χ1n) is 4.94. The van der Waals surface area contributed by atoms with E-state index >= 15 is 0 Å². The molecule has 4 N–H and O–H groups in total. The number of nitro groups is 1. The topological polar surface area (TPSA) is 149 Å². The average molecular weight is 264 g/mol. The zero-order chi connectivity index (χ0) is 13.8. The van der Waals surface area contributed by atoms with E-state index in [0.29, 0.717) is 0 Å². The number of hydrogen-bond donors (Lipinski definition) is 3. The summed E-state index contributed by atoms with van der Waals surface area (Å²) in [7, 11) is 0. The number of hydrogen-bond acceptors (Lipinski definition) is 8. The first kappa shape index (κ1) is 12.3. The molecule has 0 aliphatic heterocycles. The fourth-order valence-electron chi connectivity index (χ4n) is 1.25. The molecular formula is C9H8N6O4. The minimum absolute atomic E-state index is 0.0391. The van der Waals surface area contributed by atoms with Gasteiger partial charge in [-0.2, -0.15) is 0 Å². The van der Waals surface area contributed by atoms with Crippen LogP contribution in [0.2, 0.25) is 0 Å². The minimum Gasteiger partial charge on any atom is -0.459 e. The van der Waals surface area contributed by atoms with Crippen molar-refractivity contribution in [1.82, 2.24) is 15.4 Å². The molecule has 98 valence electrons. The SMILES string of the molecule is Nc1ncnc(NNC(=O)c2ccco2)c1[N+](=O)[O-]. The maximum absolute atomic E-state index is 11.5. The molecule has 0 fully saturated rings. The Hall–Kier alpha value is -3.17. The van der Waals surface area contributed by atoms with Gasteiger partial charge >= 0.3 is 11.6 Å². The molecule has 10 nitrogen and oxygen atoms in total. The number of amides is 1. The lowest BCUT2D eigenvalue weighted by atomic mass is 10.4. The summed E-state index contributed by atoms with van der Waals surface area (Å²) in [5.74, 6) is -1.11. The van der Waals surface area contributed by atoms with E-state index in [0.717, 1.165) is 6.33 Å². The van der Waals surface area contributed by atoms with Gasteiger partial charge in [0.1, 0.15) is 6.33 Å². The second-order valence-electron chi connectivity index (χ2n) is 3.27. The molecule has 0 atom stereocenters. The van der Waals surface area contributed by atoms with E-state index in [4.69, 9.17) is 10.2 Å². The molecule has 19 heavy (non-hydrogen) atoms. The lowest BCUT2D eigenvalue weighted by Gasteiger charge is -2.06. The van der Waals surface area contributed by atoms with Crippen LogP contribution in [0.1, 0.15) is 10.6 Å². The van der Waals surface area contributed by atoms with Crippen molar-refractivity contribution in [3.63, 3.8) is 0 Å². The normalized spacial score (nSPS) is 9.89. The van der Waals surface area contributed by atoms with Gasteiger partial charge in [-0.3, -0.25) is 25.8 Å². The summed E-state index contributed by atoms with van der Waals surface area (Å²) in [5.41, 5.74) is 9.32. The van der Waals surface area contributed by atoms with Gasteiger partial charge in [-0.25, -0.2) is 9.97 Å². The summed E-state index contributed by atoms with van der Waals surface area (Å²) in [4.78, 5) is 28.7. The van der Waals surface area contributed by atoms with Crippen molar-refractivity contribution in [2.45, 2.75) is 0 Å². The summed E-state index contributed by atoms with van der Waals surface area (Å²) in [6, 6.07) is 2.96. The van der Waals surface area contributed by atoms with Crippen LogP contribution in [0.5, 0.6) is 0 Å². The van der Waals surface area contributed by atoms with E-state index in [1.807, 2.05) is 0 Å². The molecule has 1 amide bonds. The molecule has 0 bridgehead atoms. The third-order valence-corrected chi connectivity index (χ3v) is 2.07. The van der Waals surface area contributed by atoms with Crippen LogP contribution in [0.25, 0.3) is 0 Å². The number of aromatic nitrogens is 2. The molecule has 0 radical (unpaired) electrons. The van der Waals surface area contributed by atoms with Crippen LogP contribution in [-0.4, -0.2) is 20.8 Å². The Labute approximate surface area is 105 Å². The number of carbonyl (C=O) groups excluding carboxylic acids is 1. The molecule has 0 aliphatic rings. The van der Waals surface area contributed by atoms with Gasteiger partial charge in [-0.1, -0.05) is 0 Å². The summed E-state index contributed by atoms with van der Waals surface area (Å²) in [5, 5.41) is 10.8. The Balaban J connectivity index is 2.14. The van der Waals surface area contributed by atoms with Crippen molar-refractivity contribution in [2.24, 2.45) is 0 Å². The number of rotatable bonds is 4. The molecule has 2 aromatic heterocycles. The van der Waals surface area contributed by atoms with Crippen LogP contribution in [0.3, 0.4) is 0 Å². The standard InChI is InChI=1S/C9H8N6O4/c10-7-6(15(17)18)8(12-4-11-7)13-14-9(16)5-2-1-3-19-5/h1-4H,(H,14,16)(H3,10,11,12,13). The number of furan rings is 1. The van der Waals surface area contributed by atoms with Crippen LogP contribution in [0.15, 0.2) is 29.1 Å². The van der Waals surface area contributed by atoms with E-state index in [9.17, 15) is 14.9 Å². The summed E-state index contributed by atoms with van der Waals surface area (Å²) in [6.45, 7) is 0. The largest absolute Gasteiger partial charge is 0.459 e. The number of nitrogens with two attached hydrogens (primary N) is 1. The fraction of sp³-hybridized carbons (Fsp3) is 0. The van der Waals surface area contributed by atoms with Gasteiger partial charge in [0.05, 0.1) is 11.2 Å². The predicted molar refractivity (Wildman–Crippen MR) is 62.9 cm³/mol. The number of nitrogens with zero attached hydrogens (tertiary/aromatic N) is 3. The molecular weight excluding hydrogens is 256 g/mol. The van der Waals surface area contributed by atoms with E-state index in [-0.39, 0.29) is 17.4 Å². The first-order valence-corrected chi connectivity index (χ1v) is 4.94.